The van der Waals surface area contributed by atoms with Crippen molar-refractivity contribution in [3.8, 4) is 5.75 Å². The van der Waals surface area contributed by atoms with E-state index in [4.69, 9.17) is 4.74 Å². The second-order valence-corrected chi connectivity index (χ2v) is 5.80. The molecule has 1 N–H and O–H groups in total. The molecule has 0 aromatic heterocycles. The Balaban J connectivity index is 1.91. The van der Waals surface area contributed by atoms with E-state index in [2.05, 4.69) is 34.2 Å². The predicted octanol–water partition coefficient (Wildman–Crippen LogP) is 3.81. The van der Waals surface area contributed by atoms with Gasteiger partial charge < -0.3 is 10.1 Å². The fourth-order valence-corrected chi connectivity index (χ4v) is 3.20. The number of hydrogen-bond donors (Lipinski definition) is 1. The maximum atomic E-state index is 6.11. The second kappa shape index (κ2) is 3.95. The van der Waals surface area contributed by atoms with Gasteiger partial charge in [0.15, 0.2) is 5.75 Å². The lowest BCUT2D eigenvalue weighted by atomic mass is 9.84. The van der Waals surface area contributed by atoms with Gasteiger partial charge in [0.2, 0.25) is 0 Å². The van der Waals surface area contributed by atoms with E-state index in [1.807, 2.05) is 12.1 Å². The summed E-state index contributed by atoms with van der Waals surface area (Å²) < 4.78 is 7.16. The molecule has 0 radical (unpaired) electrons. The zero-order valence-corrected chi connectivity index (χ0v) is 11.0. The molecule has 1 aliphatic carbocycles. The van der Waals surface area contributed by atoms with Gasteiger partial charge in [0, 0.05) is 0 Å². The number of ether oxygens (including phenoxy) is 1. The van der Waals surface area contributed by atoms with Gasteiger partial charge in [-0.3, -0.25) is 0 Å². The van der Waals surface area contributed by atoms with Crippen LogP contribution in [0, 0.1) is 5.92 Å². The lowest BCUT2D eigenvalue weighted by Gasteiger charge is -2.40. The third-order valence-corrected chi connectivity index (χ3v) is 4.25. The van der Waals surface area contributed by atoms with Gasteiger partial charge in [-0.1, -0.05) is 13.0 Å². The largest absolute Gasteiger partial charge is 0.485 e. The van der Waals surface area contributed by atoms with Crippen molar-refractivity contribution in [1.29, 1.82) is 0 Å². The minimum atomic E-state index is 0.349. The Morgan fingerprint density at radius 2 is 2.25 bits per heavy atom. The zero-order chi connectivity index (χ0) is 11.1. The number of para-hydroxylation sites is 1. The molecule has 1 aliphatic heterocycles. The first-order valence-electron chi connectivity index (χ1n) is 5.96. The first kappa shape index (κ1) is 10.5. The van der Waals surface area contributed by atoms with Crippen LogP contribution in [0.1, 0.15) is 26.2 Å². The van der Waals surface area contributed by atoms with E-state index in [1.54, 1.807) is 0 Å². The average molecular weight is 282 g/mol. The van der Waals surface area contributed by atoms with Gasteiger partial charge in [-0.05, 0) is 53.2 Å². The lowest BCUT2D eigenvalue weighted by molar-refractivity contribution is 0.111. The molecule has 0 amide bonds. The van der Waals surface area contributed by atoms with Crippen LogP contribution >= 0.6 is 15.9 Å². The van der Waals surface area contributed by atoms with Crippen molar-refractivity contribution in [1.82, 2.24) is 0 Å². The molecule has 86 valence electrons. The molecular weight excluding hydrogens is 266 g/mol. The van der Waals surface area contributed by atoms with E-state index in [-0.39, 0.29) is 0 Å². The maximum Gasteiger partial charge on any atom is 0.157 e. The highest BCUT2D eigenvalue weighted by Crippen LogP contribution is 2.41. The van der Waals surface area contributed by atoms with Gasteiger partial charge in [-0.25, -0.2) is 0 Å². The molecule has 3 atom stereocenters. The first-order valence-corrected chi connectivity index (χ1v) is 6.75. The van der Waals surface area contributed by atoms with Crippen molar-refractivity contribution in [3.05, 3.63) is 22.7 Å². The third-order valence-electron chi connectivity index (χ3n) is 3.63. The summed E-state index contributed by atoms with van der Waals surface area (Å²) in [4.78, 5) is 0. The first-order chi connectivity index (χ1) is 7.74. The predicted molar refractivity (Wildman–Crippen MR) is 69.0 cm³/mol. The Hall–Kier alpha value is -0.700. The minimum absolute atomic E-state index is 0.349. The van der Waals surface area contributed by atoms with Crippen LogP contribution in [0.5, 0.6) is 5.75 Å². The Labute approximate surface area is 105 Å². The van der Waals surface area contributed by atoms with Crippen molar-refractivity contribution in [2.45, 2.75) is 38.3 Å². The molecule has 3 rings (SSSR count). The van der Waals surface area contributed by atoms with Crippen LogP contribution in [-0.2, 0) is 0 Å². The van der Waals surface area contributed by atoms with E-state index < -0.39 is 0 Å². The van der Waals surface area contributed by atoms with Crippen LogP contribution in [0.3, 0.4) is 0 Å². The summed E-state index contributed by atoms with van der Waals surface area (Å²) >= 11 is 3.55. The molecule has 3 unspecified atom stereocenters. The summed E-state index contributed by atoms with van der Waals surface area (Å²) in [5, 5.41) is 3.62. The van der Waals surface area contributed by atoms with Gasteiger partial charge in [-0.15, -0.1) is 0 Å². The second-order valence-electron chi connectivity index (χ2n) is 4.94. The monoisotopic (exact) mass is 281 g/mol. The Morgan fingerprint density at radius 3 is 3.12 bits per heavy atom. The molecule has 3 heteroatoms. The average Bonchev–Trinajstić information content (AvgIpc) is 2.27. The van der Waals surface area contributed by atoms with Crippen LogP contribution in [-0.4, -0.2) is 12.1 Å². The quantitative estimate of drug-likeness (QED) is 0.781. The number of hydrogen-bond acceptors (Lipinski definition) is 2. The fourth-order valence-electron chi connectivity index (χ4n) is 2.74. The van der Waals surface area contributed by atoms with E-state index in [0.29, 0.717) is 12.1 Å². The summed E-state index contributed by atoms with van der Waals surface area (Å²) in [6.07, 6.45) is 4.01. The molecule has 2 nitrogen and oxygen atoms in total. The smallest absolute Gasteiger partial charge is 0.157 e. The van der Waals surface area contributed by atoms with Crippen LogP contribution < -0.4 is 10.1 Å². The number of rotatable bonds is 0. The summed E-state index contributed by atoms with van der Waals surface area (Å²) in [5.41, 5.74) is 1.13. The third kappa shape index (κ3) is 1.71. The normalized spacial score (nSPS) is 32.0. The number of fused-ring (bicyclic) bond motifs is 2. The van der Waals surface area contributed by atoms with E-state index >= 15 is 0 Å². The molecule has 16 heavy (non-hydrogen) atoms. The van der Waals surface area contributed by atoms with Gasteiger partial charge in [-0.2, -0.15) is 0 Å². The number of anilines is 1. The van der Waals surface area contributed by atoms with E-state index in [0.717, 1.165) is 21.8 Å². The van der Waals surface area contributed by atoms with Gasteiger partial charge in [0.25, 0.3) is 0 Å². The van der Waals surface area contributed by atoms with Crippen molar-refractivity contribution in [3.63, 3.8) is 0 Å². The molecule has 0 bridgehead atoms. The Morgan fingerprint density at radius 1 is 1.38 bits per heavy atom. The van der Waals surface area contributed by atoms with Gasteiger partial charge >= 0.3 is 0 Å². The number of benzene rings is 1. The highest BCUT2D eigenvalue weighted by atomic mass is 79.9. The minimum Gasteiger partial charge on any atom is -0.485 e. The summed E-state index contributed by atoms with van der Waals surface area (Å²) in [5.74, 6) is 1.80. The molecule has 1 aromatic carbocycles. The van der Waals surface area contributed by atoms with Crippen molar-refractivity contribution in [2.24, 2.45) is 5.92 Å². The van der Waals surface area contributed by atoms with Crippen molar-refractivity contribution >= 4 is 21.6 Å². The standard InChI is InChI=1S/C13H16BrNO/c1-8-5-6-12-11(7-8)15-10-4-2-3-9(14)13(10)16-12/h2-4,8,11-12,15H,5-7H2,1H3. The number of nitrogens with one attached hydrogen (secondary N) is 1. The van der Waals surface area contributed by atoms with Crippen molar-refractivity contribution in [2.75, 3.05) is 5.32 Å². The van der Waals surface area contributed by atoms with Gasteiger partial charge in [0.1, 0.15) is 6.10 Å². The highest BCUT2D eigenvalue weighted by molar-refractivity contribution is 9.10. The Kier molecular flexibility index (Phi) is 2.58. The molecule has 1 fully saturated rings. The topological polar surface area (TPSA) is 21.3 Å². The van der Waals surface area contributed by atoms with Crippen molar-refractivity contribution < 1.29 is 4.74 Å². The molecule has 0 saturated heterocycles. The zero-order valence-electron chi connectivity index (χ0n) is 9.37. The van der Waals surface area contributed by atoms with Crippen LogP contribution in [0.15, 0.2) is 22.7 Å². The summed E-state index contributed by atoms with van der Waals surface area (Å²) in [6.45, 7) is 2.33. The molecule has 1 heterocycles. The molecular formula is C13H16BrNO. The van der Waals surface area contributed by atoms with Crippen LogP contribution in [0.2, 0.25) is 0 Å². The summed E-state index contributed by atoms with van der Waals surface area (Å²) in [7, 11) is 0. The molecule has 2 aliphatic rings. The summed E-state index contributed by atoms with van der Waals surface area (Å²) in [6, 6.07) is 6.67. The van der Waals surface area contributed by atoms with E-state index in [9.17, 15) is 0 Å². The molecule has 1 aromatic rings. The highest BCUT2D eigenvalue weighted by Gasteiger charge is 2.34. The van der Waals surface area contributed by atoms with Crippen LogP contribution in [0.25, 0.3) is 0 Å². The molecule has 0 spiro atoms. The van der Waals surface area contributed by atoms with Crippen LogP contribution in [0.4, 0.5) is 5.69 Å². The molecule has 1 saturated carbocycles. The van der Waals surface area contributed by atoms with E-state index in [1.165, 1.54) is 19.3 Å². The lowest BCUT2D eigenvalue weighted by Crippen LogP contribution is -2.45. The SMILES string of the molecule is CC1CCC2Oc3c(Br)cccc3NC2C1. The maximum absolute atomic E-state index is 6.11. The number of halogens is 1. The van der Waals surface area contributed by atoms with Gasteiger partial charge in [0.05, 0.1) is 16.2 Å². The Bertz CT molecular complexity index is 407. The fraction of sp³-hybridized carbons (Fsp3) is 0.538.